The predicted molar refractivity (Wildman–Crippen MR) is 76.1 cm³/mol. The van der Waals surface area contributed by atoms with Gasteiger partial charge < -0.3 is 10.1 Å². The van der Waals surface area contributed by atoms with Crippen molar-refractivity contribution in [3.8, 4) is 0 Å². The van der Waals surface area contributed by atoms with E-state index in [4.69, 9.17) is 4.74 Å². The number of ether oxygens (including phenoxy) is 1. The van der Waals surface area contributed by atoms with Crippen LogP contribution in [0.15, 0.2) is 6.20 Å². The summed E-state index contributed by atoms with van der Waals surface area (Å²) in [6.07, 6.45) is 4.41. The quantitative estimate of drug-likeness (QED) is 0.911. The van der Waals surface area contributed by atoms with E-state index in [1.54, 1.807) is 0 Å². The molecule has 0 amide bonds. The van der Waals surface area contributed by atoms with Crippen molar-refractivity contribution >= 4 is 11.3 Å². The van der Waals surface area contributed by atoms with Crippen LogP contribution >= 0.6 is 11.3 Å². The molecular weight excluding hydrogens is 244 g/mol. The lowest BCUT2D eigenvalue weighted by molar-refractivity contribution is 0.0662. The maximum absolute atomic E-state index is 5.37. The van der Waals surface area contributed by atoms with Crippen LogP contribution in [0.3, 0.4) is 0 Å². The van der Waals surface area contributed by atoms with E-state index in [-0.39, 0.29) is 5.41 Å². The maximum Gasteiger partial charge on any atom is 0.0981 e. The van der Waals surface area contributed by atoms with Gasteiger partial charge in [0, 0.05) is 36.2 Å². The van der Waals surface area contributed by atoms with Crippen molar-refractivity contribution in [2.75, 3.05) is 19.8 Å². The number of hydrogen-bond acceptors (Lipinski definition) is 4. The standard InChI is InChI=1S/C14H24N2OS/c1-14(2,3)13-16-10-12(18-13)9-15-8-11-4-6-17-7-5-11/h10-11,15H,4-9H2,1-3H3. The molecule has 0 aliphatic carbocycles. The molecule has 0 saturated carbocycles. The molecule has 0 atom stereocenters. The number of rotatable bonds is 4. The predicted octanol–water partition coefficient (Wildman–Crippen LogP) is 2.96. The maximum atomic E-state index is 5.37. The van der Waals surface area contributed by atoms with Gasteiger partial charge in [-0.3, -0.25) is 0 Å². The first-order valence-electron chi connectivity index (χ1n) is 6.79. The Bertz CT molecular complexity index is 364. The highest BCUT2D eigenvalue weighted by Crippen LogP contribution is 2.26. The van der Waals surface area contributed by atoms with Gasteiger partial charge in [0.1, 0.15) is 0 Å². The molecule has 0 bridgehead atoms. The van der Waals surface area contributed by atoms with Crippen LogP contribution in [-0.4, -0.2) is 24.7 Å². The molecule has 1 aromatic rings. The summed E-state index contributed by atoms with van der Waals surface area (Å²) in [5.41, 5.74) is 0.170. The van der Waals surface area contributed by atoms with Crippen molar-refractivity contribution in [1.29, 1.82) is 0 Å². The molecule has 0 spiro atoms. The van der Waals surface area contributed by atoms with Gasteiger partial charge in [0.15, 0.2) is 0 Å². The van der Waals surface area contributed by atoms with Crippen LogP contribution in [0.1, 0.15) is 43.5 Å². The summed E-state index contributed by atoms with van der Waals surface area (Å²) in [5.74, 6) is 0.786. The molecule has 2 heterocycles. The monoisotopic (exact) mass is 268 g/mol. The Morgan fingerprint density at radius 3 is 2.72 bits per heavy atom. The minimum atomic E-state index is 0.170. The first kappa shape index (κ1) is 14.0. The smallest absolute Gasteiger partial charge is 0.0981 e. The first-order chi connectivity index (χ1) is 8.55. The first-order valence-corrected chi connectivity index (χ1v) is 7.61. The van der Waals surface area contributed by atoms with E-state index in [0.29, 0.717) is 0 Å². The minimum Gasteiger partial charge on any atom is -0.381 e. The van der Waals surface area contributed by atoms with E-state index in [1.807, 2.05) is 17.5 Å². The number of nitrogens with zero attached hydrogens (tertiary/aromatic N) is 1. The highest BCUT2D eigenvalue weighted by molar-refractivity contribution is 7.11. The number of nitrogens with one attached hydrogen (secondary N) is 1. The topological polar surface area (TPSA) is 34.2 Å². The van der Waals surface area contributed by atoms with Crippen molar-refractivity contribution in [3.05, 3.63) is 16.1 Å². The average Bonchev–Trinajstić information content (AvgIpc) is 2.79. The fourth-order valence-corrected chi connectivity index (χ4v) is 3.03. The molecule has 1 aliphatic rings. The number of aromatic nitrogens is 1. The van der Waals surface area contributed by atoms with Crippen molar-refractivity contribution in [2.24, 2.45) is 5.92 Å². The molecule has 3 nitrogen and oxygen atoms in total. The third kappa shape index (κ3) is 4.04. The Hall–Kier alpha value is -0.450. The summed E-state index contributed by atoms with van der Waals surface area (Å²) in [6.45, 7) is 10.6. The molecule has 102 valence electrons. The Morgan fingerprint density at radius 2 is 2.11 bits per heavy atom. The molecular formula is C14H24N2OS. The van der Waals surface area contributed by atoms with E-state index in [1.165, 1.54) is 22.7 Å². The van der Waals surface area contributed by atoms with Crippen molar-refractivity contribution in [1.82, 2.24) is 10.3 Å². The fourth-order valence-electron chi connectivity index (χ4n) is 2.09. The summed E-state index contributed by atoms with van der Waals surface area (Å²) in [6, 6.07) is 0. The molecule has 1 aliphatic heterocycles. The van der Waals surface area contributed by atoms with E-state index < -0.39 is 0 Å². The zero-order valence-corrected chi connectivity index (χ0v) is 12.5. The summed E-state index contributed by atoms with van der Waals surface area (Å²) < 4.78 is 5.37. The normalized spacial score (nSPS) is 18.2. The van der Waals surface area contributed by atoms with Gasteiger partial charge in [0.2, 0.25) is 0 Å². The number of thiazole rings is 1. The zero-order chi connectivity index (χ0) is 13.0. The van der Waals surface area contributed by atoms with Crippen LogP contribution in [0, 0.1) is 5.92 Å². The van der Waals surface area contributed by atoms with Crippen molar-refractivity contribution in [3.63, 3.8) is 0 Å². The Morgan fingerprint density at radius 1 is 1.39 bits per heavy atom. The van der Waals surface area contributed by atoms with E-state index >= 15 is 0 Å². The van der Waals surface area contributed by atoms with Gasteiger partial charge >= 0.3 is 0 Å². The van der Waals surface area contributed by atoms with Gasteiger partial charge in [-0.15, -0.1) is 11.3 Å². The molecule has 18 heavy (non-hydrogen) atoms. The van der Waals surface area contributed by atoms with Crippen LogP contribution in [0.5, 0.6) is 0 Å². The lowest BCUT2D eigenvalue weighted by Gasteiger charge is -2.22. The van der Waals surface area contributed by atoms with Gasteiger partial charge in [-0.1, -0.05) is 20.8 Å². The molecule has 1 saturated heterocycles. The third-order valence-electron chi connectivity index (χ3n) is 3.27. The lowest BCUT2D eigenvalue weighted by Crippen LogP contribution is -2.27. The van der Waals surface area contributed by atoms with Gasteiger partial charge in [0.25, 0.3) is 0 Å². The van der Waals surface area contributed by atoms with Gasteiger partial charge in [-0.25, -0.2) is 4.98 Å². The summed E-state index contributed by atoms with van der Waals surface area (Å²) >= 11 is 1.83. The SMILES string of the molecule is CC(C)(C)c1ncc(CNCC2CCOCC2)s1. The molecule has 1 fully saturated rings. The van der Waals surface area contributed by atoms with E-state index in [9.17, 15) is 0 Å². The second kappa shape index (κ2) is 6.13. The summed E-state index contributed by atoms with van der Waals surface area (Å²) in [5, 5.41) is 4.78. The fraction of sp³-hybridized carbons (Fsp3) is 0.786. The molecule has 2 rings (SSSR count). The largest absolute Gasteiger partial charge is 0.381 e. The Labute approximate surface area is 114 Å². The van der Waals surface area contributed by atoms with E-state index in [0.717, 1.165) is 32.2 Å². The van der Waals surface area contributed by atoms with Gasteiger partial charge in [0.05, 0.1) is 5.01 Å². The van der Waals surface area contributed by atoms with Gasteiger partial charge in [-0.2, -0.15) is 0 Å². The van der Waals surface area contributed by atoms with Crippen LogP contribution in [-0.2, 0) is 16.7 Å². The average molecular weight is 268 g/mol. The highest BCUT2D eigenvalue weighted by atomic mass is 32.1. The molecule has 1 N–H and O–H groups in total. The molecule has 0 aromatic carbocycles. The summed E-state index contributed by atoms with van der Waals surface area (Å²) in [4.78, 5) is 5.85. The molecule has 1 aromatic heterocycles. The Balaban J connectivity index is 1.74. The van der Waals surface area contributed by atoms with Crippen molar-refractivity contribution in [2.45, 2.75) is 45.6 Å². The lowest BCUT2D eigenvalue weighted by atomic mass is 9.98. The highest BCUT2D eigenvalue weighted by Gasteiger charge is 2.18. The zero-order valence-electron chi connectivity index (χ0n) is 11.7. The summed E-state index contributed by atoms with van der Waals surface area (Å²) in [7, 11) is 0. The van der Waals surface area contributed by atoms with Crippen LogP contribution in [0.4, 0.5) is 0 Å². The van der Waals surface area contributed by atoms with Crippen LogP contribution in [0.2, 0.25) is 0 Å². The molecule has 4 heteroatoms. The van der Waals surface area contributed by atoms with Crippen LogP contribution < -0.4 is 5.32 Å². The second-order valence-electron chi connectivity index (χ2n) is 6.07. The molecule has 0 unspecified atom stereocenters. The minimum absolute atomic E-state index is 0.170. The van der Waals surface area contributed by atoms with Gasteiger partial charge in [-0.05, 0) is 25.3 Å². The molecule has 0 radical (unpaired) electrons. The number of hydrogen-bond donors (Lipinski definition) is 1. The second-order valence-corrected chi connectivity index (χ2v) is 7.18. The van der Waals surface area contributed by atoms with Crippen LogP contribution in [0.25, 0.3) is 0 Å². The van der Waals surface area contributed by atoms with Crippen molar-refractivity contribution < 1.29 is 4.74 Å². The van der Waals surface area contributed by atoms with E-state index in [2.05, 4.69) is 31.1 Å². The third-order valence-corrected chi connectivity index (χ3v) is 4.69. The Kier molecular flexibility index (Phi) is 4.76.